The van der Waals surface area contributed by atoms with E-state index in [1.54, 1.807) is 12.3 Å². The van der Waals surface area contributed by atoms with Gasteiger partial charge in [0.15, 0.2) is 0 Å². The van der Waals surface area contributed by atoms with Gasteiger partial charge >= 0.3 is 5.97 Å². The molecule has 1 aromatic rings. The maximum Gasteiger partial charge on any atom is 0.337 e. The molecule has 3 heteroatoms. The molecule has 0 atom stereocenters. The lowest BCUT2D eigenvalue weighted by molar-refractivity contribution is -0.135. The highest BCUT2D eigenvalue weighted by atomic mass is 16.5. The molecule has 0 fully saturated rings. The topological polar surface area (TPSA) is 39.2 Å². The molecule has 0 aliphatic carbocycles. The second-order valence-corrected chi connectivity index (χ2v) is 2.68. The van der Waals surface area contributed by atoms with E-state index in [1.165, 1.54) is 13.2 Å². The van der Waals surface area contributed by atoms with Gasteiger partial charge in [0.25, 0.3) is 0 Å². The van der Waals surface area contributed by atoms with Crippen LogP contribution in [0.25, 0.3) is 6.08 Å². The van der Waals surface area contributed by atoms with Crippen LogP contribution in [0.5, 0.6) is 0 Å². The van der Waals surface area contributed by atoms with Crippen LogP contribution in [0.3, 0.4) is 0 Å². The van der Waals surface area contributed by atoms with E-state index >= 15 is 0 Å². The lowest BCUT2D eigenvalue weighted by Gasteiger charge is -1.92. The molecule has 16 heavy (non-hydrogen) atoms. The van der Waals surface area contributed by atoms with Crippen molar-refractivity contribution in [2.45, 2.75) is 0 Å². The third-order valence-electron chi connectivity index (χ3n) is 1.59. The zero-order valence-electron chi connectivity index (χ0n) is 9.35. The SMILES string of the molecule is C=CC(=C)C(=O)OC.C=Cc1ccccn1. The summed E-state index contributed by atoms with van der Waals surface area (Å²) in [6, 6.07) is 5.73. The molecule has 0 unspecified atom stereocenters. The Bertz CT molecular complexity index is 369. The van der Waals surface area contributed by atoms with Crippen LogP contribution in [0, 0.1) is 0 Å². The van der Waals surface area contributed by atoms with E-state index in [4.69, 9.17) is 0 Å². The standard InChI is InChI=1S/C7H7N.C6H8O2/c1-2-7-5-3-4-6-8-7;1-4-5(2)6(7)8-3/h2-6H,1H2;4H,1-2H2,3H3. The second kappa shape index (κ2) is 8.17. The maximum atomic E-state index is 10.3. The average Bonchev–Trinajstić information content (AvgIpc) is 2.38. The fourth-order valence-corrected chi connectivity index (χ4v) is 0.711. The van der Waals surface area contributed by atoms with Gasteiger partial charge in [0.2, 0.25) is 0 Å². The number of rotatable bonds is 3. The van der Waals surface area contributed by atoms with Gasteiger partial charge in [-0.15, -0.1) is 0 Å². The first-order valence-electron chi connectivity index (χ1n) is 4.58. The molecule has 0 amide bonds. The summed E-state index contributed by atoms with van der Waals surface area (Å²) in [5.74, 6) is -0.431. The maximum absolute atomic E-state index is 10.3. The number of carbonyl (C=O) groups excluding carboxylic acids is 1. The third kappa shape index (κ3) is 5.54. The summed E-state index contributed by atoms with van der Waals surface area (Å²) < 4.78 is 4.29. The van der Waals surface area contributed by atoms with Crippen LogP contribution in [0.1, 0.15) is 5.69 Å². The number of carbonyl (C=O) groups is 1. The molecule has 1 rings (SSSR count). The minimum atomic E-state index is -0.431. The normalized spacial score (nSPS) is 8.06. The molecule has 1 heterocycles. The predicted octanol–water partition coefficient (Wildman–Crippen LogP) is 2.63. The fourth-order valence-electron chi connectivity index (χ4n) is 0.711. The van der Waals surface area contributed by atoms with Crippen LogP contribution in [0.2, 0.25) is 0 Å². The molecule has 0 aliphatic heterocycles. The lowest BCUT2D eigenvalue weighted by Crippen LogP contribution is -1.99. The number of pyridine rings is 1. The van der Waals surface area contributed by atoms with Crippen LogP contribution in [-0.2, 0) is 9.53 Å². The highest BCUT2D eigenvalue weighted by molar-refractivity contribution is 5.90. The van der Waals surface area contributed by atoms with E-state index in [0.29, 0.717) is 0 Å². The van der Waals surface area contributed by atoms with E-state index in [0.717, 1.165) is 5.69 Å². The Labute approximate surface area is 95.8 Å². The molecule has 3 nitrogen and oxygen atoms in total. The van der Waals surface area contributed by atoms with Gasteiger partial charge in [0, 0.05) is 6.20 Å². The number of hydrogen-bond donors (Lipinski definition) is 0. The molecule has 0 spiro atoms. The summed E-state index contributed by atoms with van der Waals surface area (Å²) in [6.45, 7) is 10.2. The Kier molecular flexibility index (Phi) is 7.07. The minimum absolute atomic E-state index is 0.285. The number of esters is 1. The van der Waals surface area contributed by atoms with Crippen LogP contribution >= 0.6 is 0 Å². The van der Waals surface area contributed by atoms with Gasteiger partial charge in [0.05, 0.1) is 18.4 Å². The van der Waals surface area contributed by atoms with Gasteiger partial charge in [-0.2, -0.15) is 0 Å². The quantitative estimate of drug-likeness (QED) is 0.444. The fraction of sp³-hybridized carbons (Fsp3) is 0.0769. The average molecular weight is 217 g/mol. The summed E-state index contributed by atoms with van der Waals surface area (Å²) in [4.78, 5) is 14.3. The van der Waals surface area contributed by atoms with E-state index in [-0.39, 0.29) is 5.57 Å². The van der Waals surface area contributed by atoms with Crippen LogP contribution < -0.4 is 0 Å². The van der Waals surface area contributed by atoms with Crippen LogP contribution in [-0.4, -0.2) is 18.1 Å². The first-order chi connectivity index (χ1) is 7.65. The minimum Gasteiger partial charge on any atom is -0.465 e. The number of aromatic nitrogens is 1. The molecule has 0 radical (unpaired) electrons. The van der Waals surface area contributed by atoms with E-state index in [9.17, 15) is 4.79 Å². The van der Waals surface area contributed by atoms with Crippen molar-refractivity contribution < 1.29 is 9.53 Å². The summed E-state index contributed by atoms with van der Waals surface area (Å²) in [7, 11) is 1.30. The summed E-state index contributed by atoms with van der Waals surface area (Å²) in [5, 5.41) is 0. The zero-order valence-corrected chi connectivity index (χ0v) is 9.35. The van der Waals surface area contributed by atoms with Crippen molar-refractivity contribution >= 4 is 12.0 Å². The molecular formula is C13H15NO2. The van der Waals surface area contributed by atoms with Gasteiger partial charge in [-0.25, -0.2) is 4.79 Å². The molecule has 1 aromatic heterocycles. The number of nitrogens with zero attached hydrogens (tertiary/aromatic N) is 1. The second-order valence-electron chi connectivity index (χ2n) is 2.68. The number of ether oxygens (including phenoxy) is 1. The Morgan fingerprint density at radius 2 is 2.12 bits per heavy atom. The third-order valence-corrected chi connectivity index (χ3v) is 1.59. The van der Waals surface area contributed by atoms with Gasteiger partial charge < -0.3 is 4.74 Å². The molecular weight excluding hydrogens is 202 g/mol. The summed E-state index contributed by atoms with van der Waals surface area (Å²) in [6.07, 6.45) is 4.82. The van der Waals surface area contributed by atoms with Crippen molar-refractivity contribution in [2.24, 2.45) is 0 Å². The molecule has 0 saturated heterocycles. The van der Waals surface area contributed by atoms with Crippen molar-refractivity contribution in [1.29, 1.82) is 0 Å². The van der Waals surface area contributed by atoms with Crippen molar-refractivity contribution in [3.05, 3.63) is 61.5 Å². The first-order valence-corrected chi connectivity index (χ1v) is 4.58. The van der Waals surface area contributed by atoms with E-state index in [2.05, 4.69) is 29.5 Å². The Balaban J connectivity index is 0.000000281. The smallest absolute Gasteiger partial charge is 0.337 e. The molecule has 84 valence electrons. The highest BCUT2D eigenvalue weighted by Gasteiger charge is 1.98. The van der Waals surface area contributed by atoms with Crippen LogP contribution in [0.4, 0.5) is 0 Å². The predicted molar refractivity (Wildman–Crippen MR) is 65.7 cm³/mol. The van der Waals surface area contributed by atoms with Gasteiger partial charge in [-0.05, 0) is 18.2 Å². The number of hydrogen-bond acceptors (Lipinski definition) is 3. The van der Waals surface area contributed by atoms with Gasteiger partial charge in [-0.3, -0.25) is 4.98 Å². The zero-order chi connectivity index (χ0) is 12.4. The van der Waals surface area contributed by atoms with Crippen molar-refractivity contribution in [1.82, 2.24) is 4.98 Å². The molecule has 0 bridgehead atoms. The van der Waals surface area contributed by atoms with E-state index in [1.807, 2.05) is 18.2 Å². The molecule has 0 N–H and O–H groups in total. The molecule has 0 aliphatic rings. The summed E-state index contributed by atoms with van der Waals surface area (Å²) in [5.41, 5.74) is 1.21. The van der Waals surface area contributed by atoms with Crippen molar-refractivity contribution in [2.75, 3.05) is 7.11 Å². The van der Waals surface area contributed by atoms with Crippen molar-refractivity contribution in [3.63, 3.8) is 0 Å². The lowest BCUT2D eigenvalue weighted by atomic mass is 10.3. The molecule has 0 aromatic carbocycles. The Morgan fingerprint density at radius 1 is 1.44 bits per heavy atom. The largest absolute Gasteiger partial charge is 0.465 e. The Hall–Kier alpha value is -2.16. The number of methoxy groups -OCH3 is 1. The monoisotopic (exact) mass is 217 g/mol. The van der Waals surface area contributed by atoms with Crippen LogP contribution in [0.15, 0.2) is 55.8 Å². The van der Waals surface area contributed by atoms with Gasteiger partial charge in [0.1, 0.15) is 0 Å². The first kappa shape index (κ1) is 13.8. The highest BCUT2D eigenvalue weighted by Crippen LogP contribution is 1.92. The van der Waals surface area contributed by atoms with E-state index < -0.39 is 5.97 Å². The van der Waals surface area contributed by atoms with Crippen molar-refractivity contribution in [3.8, 4) is 0 Å². The molecule has 0 saturated carbocycles. The summed E-state index contributed by atoms with van der Waals surface area (Å²) >= 11 is 0. The Morgan fingerprint density at radius 3 is 2.38 bits per heavy atom. The van der Waals surface area contributed by atoms with Gasteiger partial charge in [-0.1, -0.05) is 31.9 Å².